The molecule has 26 heavy (non-hydrogen) atoms. The van der Waals surface area contributed by atoms with E-state index in [1.165, 1.54) is 11.8 Å². The summed E-state index contributed by atoms with van der Waals surface area (Å²) in [6.07, 6.45) is 2.75. The maximum Gasteiger partial charge on any atom is 0.266 e. The van der Waals surface area contributed by atoms with Gasteiger partial charge in [-0.3, -0.25) is 9.69 Å². The zero-order valence-corrected chi connectivity index (χ0v) is 16.7. The number of carbonyl (C=O) groups excluding carboxylic acids is 1. The van der Waals surface area contributed by atoms with Crippen LogP contribution in [0.2, 0.25) is 5.02 Å². The van der Waals surface area contributed by atoms with Crippen LogP contribution in [0.4, 0.5) is 0 Å². The molecule has 0 N–H and O–H groups in total. The highest BCUT2D eigenvalue weighted by atomic mass is 35.5. The molecule has 0 unspecified atom stereocenters. The van der Waals surface area contributed by atoms with Crippen molar-refractivity contribution < 1.29 is 9.53 Å². The number of carbonyl (C=O) groups is 1. The van der Waals surface area contributed by atoms with Gasteiger partial charge in [0.15, 0.2) is 0 Å². The van der Waals surface area contributed by atoms with Gasteiger partial charge in [0.05, 0.1) is 4.91 Å². The summed E-state index contributed by atoms with van der Waals surface area (Å²) in [6.45, 7) is 3.11. The number of thioether (sulfide) groups is 1. The van der Waals surface area contributed by atoms with Crippen LogP contribution in [-0.2, 0) is 11.4 Å². The summed E-state index contributed by atoms with van der Waals surface area (Å²) in [4.78, 5) is 14.7. The van der Waals surface area contributed by atoms with E-state index in [0.29, 0.717) is 27.4 Å². The highest BCUT2D eigenvalue weighted by Gasteiger charge is 2.31. The topological polar surface area (TPSA) is 29.5 Å². The largest absolute Gasteiger partial charge is 0.489 e. The monoisotopic (exact) mass is 403 g/mol. The van der Waals surface area contributed by atoms with Gasteiger partial charge in [0.25, 0.3) is 5.91 Å². The molecular formula is C20H18ClNO2S2. The summed E-state index contributed by atoms with van der Waals surface area (Å²) in [5.41, 5.74) is 1.88. The molecule has 134 valence electrons. The molecule has 0 radical (unpaired) electrons. The van der Waals surface area contributed by atoms with Crippen LogP contribution >= 0.6 is 35.6 Å². The summed E-state index contributed by atoms with van der Waals surface area (Å²) in [5, 5.41) is 0.693. The van der Waals surface area contributed by atoms with Crippen molar-refractivity contribution in [1.29, 1.82) is 0 Å². The molecule has 1 heterocycles. The lowest BCUT2D eigenvalue weighted by Crippen LogP contribution is -2.28. The summed E-state index contributed by atoms with van der Waals surface area (Å²) in [5.74, 6) is 0.737. The van der Waals surface area contributed by atoms with Crippen molar-refractivity contribution in [3.63, 3.8) is 0 Å². The summed E-state index contributed by atoms with van der Waals surface area (Å²) < 4.78 is 6.41. The number of rotatable bonds is 6. The first-order chi connectivity index (χ1) is 12.6. The zero-order chi connectivity index (χ0) is 18.5. The predicted octanol–water partition coefficient (Wildman–Crippen LogP) is 5.53. The zero-order valence-electron chi connectivity index (χ0n) is 14.3. The Bertz CT molecular complexity index is 849. The second kappa shape index (κ2) is 8.71. The van der Waals surface area contributed by atoms with Crippen LogP contribution in [0.3, 0.4) is 0 Å². The van der Waals surface area contributed by atoms with Crippen LogP contribution in [0.1, 0.15) is 24.5 Å². The molecule has 1 aliphatic rings. The van der Waals surface area contributed by atoms with Crippen LogP contribution in [0.25, 0.3) is 6.08 Å². The second-order valence-corrected chi connectivity index (χ2v) is 7.87. The third kappa shape index (κ3) is 4.47. The summed E-state index contributed by atoms with van der Waals surface area (Å²) in [6, 6.07) is 15.2. The molecule has 3 nitrogen and oxygen atoms in total. The van der Waals surface area contributed by atoms with E-state index in [9.17, 15) is 4.79 Å². The fraction of sp³-hybridized carbons (Fsp3) is 0.200. The maximum absolute atomic E-state index is 12.4. The molecule has 6 heteroatoms. The Morgan fingerprint density at radius 2 is 1.92 bits per heavy atom. The minimum absolute atomic E-state index is 0.0131. The molecule has 1 aliphatic heterocycles. The number of amides is 1. The van der Waals surface area contributed by atoms with Gasteiger partial charge in [0.1, 0.15) is 16.7 Å². The molecule has 3 rings (SSSR count). The molecule has 1 saturated heterocycles. The predicted molar refractivity (Wildman–Crippen MR) is 112 cm³/mol. The average Bonchev–Trinajstić information content (AvgIpc) is 2.90. The van der Waals surface area contributed by atoms with Gasteiger partial charge in [-0.05, 0) is 36.3 Å². The fourth-order valence-electron chi connectivity index (χ4n) is 2.50. The lowest BCUT2D eigenvalue weighted by Gasteiger charge is -2.11. The lowest BCUT2D eigenvalue weighted by atomic mass is 10.2. The first-order valence-electron chi connectivity index (χ1n) is 8.30. The molecule has 2 aromatic carbocycles. The Morgan fingerprint density at radius 1 is 1.19 bits per heavy atom. The normalized spacial score (nSPS) is 15.8. The molecule has 1 amide bonds. The number of hydrogen-bond acceptors (Lipinski definition) is 4. The Kier molecular flexibility index (Phi) is 6.35. The van der Waals surface area contributed by atoms with Gasteiger partial charge < -0.3 is 4.74 Å². The average molecular weight is 404 g/mol. The SMILES string of the molecule is CCCN1C(=O)/C(=C/c2ccc(OCc3ccccc3Cl)cc2)SC1=S. The minimum atomic E-state index is -0.0131. The molecule has 2 aromatic rings. The van der Waals surface area contributed by atoms with E-state index in [1.54, 1.807) is 4.90 Å². The second-order valence-electron chi connectivity index (χ2n) is 5.78. The van der Waals surface area contributed by atoms with Crippen LogP contribution in [-0.4, -0.2) is 21.7 Å². The Morgan fingerprint density at radius 3 is 2.62 bits per heavy atom. The summed E-state index contributed by atoms with van der Waals surface area (Å²) >= 11 is 12.8. The lowest BCUT2D eigenvalue weighted by molar-refractivity contribution is -0.122. The third-order valence-corrected chi connectivity index (χ3v) is 5.60. The van der Waals surface area contributed by atoms with Crippen molar-refractivity contribution in [3.8, 4) is 5.75 Å². The van der Waals surface area contributed by atoms with E-state index in [4.69, 9.17) is 28.6 Å². The van der Waals surface area contributed by atoms with Gasteiger partial charge in [-0.1, -0.05) is 72.8 Å². The number of nitrogens with zero attached hydrogens (tertiary/aromatic N) is 1. The third-order valence-electron chi connectivity index (χ3n) is 3.85. The van der Waals surface area contributed by atoms with Crippen molar-refractivity contribution in [1.82, 2.24) is 4.90 Å². The van der Waals surface area contributed by atoms with Gasteiger partial charge in [-0.15, -0.1) is 0 Å². The van der Waals surface area contributed by atoms with Crippen LogP contribution in [0, 0.1) is 0 Å². The van der Waals surface area contributed by atoms with Crippen molar-refractivity contribution >= 4 is 51.9 Å². The smallest absolute Gasteiger partial charge is 0.266 e. The molecule has 0 aliphatic carbocycles. The molecule has 1 fully saturated rings. The van der Waals surface area contributed by atoms with Gasteiger partial charge in [-0.25, -0.2) is 0 Å². The summed E-state index contributed by atoms with van der Waals surface area (Å²) in [7, 11) is 0. The van der Waals surface area contributed by atoms with Crippen LogP contribution < -0.4 is 4.74 Å². The quantitative estimate of drug-likeness (QED) is 0.468. The van der Waals surface area contributed by atoms with Crippen molar-refractivity contribution in [2.45, 2.75) is 20.0 Å². The van der Waals surface area contributed by atoms with E-state index in [2.05, 4.69) is 0 Å². The van der Waals surface area contributed by atoms with Crippen LogP contribution in [0.5, 0.6) is 5.75 Å². The minimum Gasteiger partial charge on any atom is -0.489 e. The number of benzene rings is 2. The number of hydrogen-bond donors (Lipinski definition) is 0. The van der Waals surface area contributed by atoms with Gasteiger partial charge in [0.2, 0.25) is 0 Å². The van der Waals surface area contributed by atoms with E-state index in [0.717, 1.165) is 23.3 Å². The highest BCUT2D eigenvalue weighted by Crippen LogP contribution is 2.32. The molecule has 0 spiro atoms. The molecule has 0 bridgehead atoms. The number of halogens is 1. The van der Waals surface area contributed by atoms with Crippen molar-refractivity contribution in [2.24, 2.45) is 0 Å². The van der Waals surface area contributed by atoms with E-state index in [1.807, 2.05) is 61.5 Å². The molecule has 0 saturated carbocycles. The Balaban J connectivity index is 1.65. The van der Waals surface area contributed by atoms with Crippen molar-refractivity contribution in [2.75, 3.05) is 6.54 Å². The fourth-order valence-corrected chi connectivity index (χ4v) is 4.00. The first kappa shape index (κ1) is 19.0. The number of ether oxygens (including phenoxy) is 1. The van der Waals surface area contributed by atoms with E-state index in [-0.39, 0.29) is 5.91 Å². The molecular weight excluding hydrogens is 386 g/mol. The first-order valence-corrected chi connectivity index (χ1v) is 9.90. The molecule has 0 atom stereocenters. The van der Waals surface area contributed by atoms with Gasteiger partial charge in [-0.2, -0.15) is 0 Å². The standard InChI is InChI=1S/C20H18ClNO2S2/c1-2-11-22-19(23)18(26-20(22)25)12-14-7-9-16(10-8-14)24-13-15-5-3-4-6-17(15)21/h3-10,12H,2,11,13H2,1H3/b18-12-. The van der Waals surface area contributed by atoms with Crippen LogP contribution in [0.15, 0.2) is 53.4 Å². The van der Waals surface area contributed by atoms with E-state index >= 15 is 0 Å². The Labute approximate surface area is 168 Å². The van der Waals surface area contributed by atoms with Crippen molar-refractivity contribution in [3.05, 3.63) is 69.6 Å². The molecule has 0 aromatic heterocycles. The Hall–Kier alpha value is -1.82. The van der Waals surface area contributed by atoms with Gasteiger partial charge >= 0.3 is 0 Å². The highest BCUT2D eigenvalue weighted by molar-refractivity contribution is 8.26. The maximum atomic E-state index is 12.4. The number of thiocarbonyl (C=S) groups is 1. The van der Waals surface area contributed by atoms with Gasteiger partial charge in [0, 0.05) is 17.1 Å². The van der Waals surface area contributed by atoms with E-state index < -0.39 is 0 Å².